The third kappa shape index (κ3) is 5.71. The molecule has 0 amide bonds. The van der Waals surface area contributed by atoms with Crippen molar-refractivity contribution in [1.82, 2.24) is 19.9 Å². The lowest BCUT2D eigenvalue weighted by molar-refractivity contribution is 1.18. The van der Waals surface area contributed by atoms with E-state index in [-0.39, 0.29) is 0 Å². The molecule has 8 rings (SSSR count). The molecule has 0 saturated heterocycles. The van der Waals surface area contributed by atoms with Crippen LogP contribution in [0.1, 0.15) is 5.56 Å². The number of nitriles is 1. The van der Waals surface area contributed by atoms with Gasteiger partial charge in [0.15, 0.2) is 5.82 Å². The van der Waals surface area contributed by atoms with E-state index in [4.69, 9.17) is 19.9 Å². The molecule has 48 heavy (non-hydrogen) atoms. The molecule has 0 radical (unpaired) electrons. The van der Waals surface area contributed by atoms with Crippen molar-refractivity contribution < 1.29 is 0 Å². The molecule has 8 aromatic rings. The van der Waals surface area contributed by atoms with Crippen LogP contribution in [0.15, 0.2) is 164 Å². The number of para-hydroxylation sites is 2. The predicted octanol–water partition coefficient (Wildman–Crippen LogP) is 10.3. The number of fused-ring (bicyclic) bond motifs is 1. The maximum atomic E-state index is 9.29. The zero-order valence-corrected chi connectivity index (χ0v) is 25.8. The standard InChI is InChI=1S/C43H27N5/c44-28-29-15-17-34(18-16-29)41-42(46-38-14-8-7-13-37(38)45-41)35-23-19-30(20-24-35)31-21-25-36(26-22-31)43-47-39(32-9-3-1-4-10-32)27-40(48-43)33-11-5-2-6-12-33/h1-27H. The van der Waals surface area contributed by atoms with Crippen LogP contribution >= 0.6 is 0 Å². The summed E-state index contributed by atoms with van der Waals surface area (Å²) in [6, 6.07) is 56.9. The van der Waals surface area contributed by atoms with Gasteiger partial charge in [0.1, 0.15) is 0 Å². The van der Waals surface area contributed by atoms with Crippen molar-refractivity contribution >= 4 is 11.0 Å². The predicted molar refractivity (Wildman–Crippen MR) is 192 cm³/mol. The number of aromatic nitrogens is 4. The molecule has 2 aromatic heterocycles. The van der Waals surface area contributed by atoms with Crippen molar-refractivity contribution in [2.45, 2.75) is 0 Å². The Morgan fingerprint density at radius 1 is 0.354 bits per heavy atom. The third-order valence-electron chi connectivity index (χ3n) is 8.36. The van der Waals surface area contributed by atoms with Crippen LogP contribution in [0.4, 0.5) is 0 Å². The Hall–Kier alpha value is -6.77. The highest BCUT2D eigenvalue weighted by atomic mass is 14.9. The van der Waals surface area contributed by atoms with Gasteiger partial charge in [-0.2, -0.15) is 5.26 Å². The summed E-state index contributed by atoms with van der Waals surface area (Å²) in [5.74, 6) is 0.683. The second-order valence-electron chi connectivity index (χ2n) is 11.4. The summed E-state index contributed by atoms with van der Waals surface area (Å²) in [7, 11) is 0. The fraction of sp³-hybridized carbons (Fsp3) is 0. The zero-order valence-electron chi connectivity index (χ0n) is 25.8. The van der Waals surface area contributed by atoms with Crippen molar-refractivity contribution in [2.75, 3.05) is 0 Å². The molecule has 224 valence electrons. The van der Waals surface area contributed by atoms with Crippen LogP contribution in [0.3, 0.4) is 0 Å². The van der Waals surface area contributed by atoms with Crippen LogP contribution in [0.2, 0.25) is 0 Å². The lowest BCUT2D eigenvalue weighted by Crippen LogP contribution is -1.96. The molecule has 0 aliphatic heterocycles. The van der Waals surface area contributed by atoms with Crippen molar-refractivity contribution in [3.8, 4) is 73.6 Å². The maximum Gasteiger partial charge on any atom is 0.160 e. The minimum atomic E-state index is 0.608. The largest absolute Gasteiger partial charge is 0.244 e. The second kappa shape index (κ2) is 12.6. The molecule has 0 unspecified atom stereocenters. The van der Waals surface area contributed by atoms with E-state index in [9.17, 15) is 5.26 Å². The fourth-order valence-electron chi connectivity index (χ4n) is 5.83. The molecular weight excluding hydrogens is 587 g/mol. The second-order valence-corrected chi connectivity index (χ2v) is 11.4. The van der Waals surface area contributed by atoms with Gasteiger partial charge >= 0.3 is 0 Å². The molecule has 0 saturated carbocycles. The summed E-state index contributed by atoms with van der Waals surface area (Å²) in [5, 5.41) is 9.29. The number of hydrogen-bond donors (Lipinski definition) is 0. The number of rotatable bonds is 6. The first-order chi connectivity index (χ1) is 23.7. The molecule has 0 atom stereocenters. The summed E-state index contributed by atoms with van der Waals surface area (Å²) >= 11 is 0. The fourth-order valence-corrected chi connectivity index (χ4v) is 5.83. The molecule has 0 fully saturated rings. The van der Waals surface area contributed by atoms with Gasteiger partial charge in [-0.3, -0.25) is 0 Å². The van der Waals surface area contributed by atoms with Gasteiger partial charge in [-0.25, -0.2) is 19.9 Å². The molecule has 6 aromatic carbocycles. The van der Waals surface area contributed by atoms with Gasteiger partial charge in [0.05, 0.1) is 45.4 Å². The number of nitrogens with zero attached hydrogens (tertiary/aromatic N) is 5. The Morgan fingerprint density at radius 3 is 1.21 bits per heavy atom. The molecule has 0 N–H and O–H groups in total. The summed E-state index contributed by atoms with van der Waals surface area (Å²) < 4.78 is 0. The van der Waals surface area contributed by atoms with Gasteiger partial charge in [0.25, 0.3) is 0 Å². The van der Waals surface area contributed by atoms with Crippen LogP contribution in [0.5, 0.6) is 0 Å². The van der Waals surface area contributed by atoms with Gasteiger partial charge in [0, 0.05) is 27.8 Å². The van der Waals surface area contributed by atoms with Gasteiger partial charge in [-0.15, -0.1) is 0 Å². The average molecular weight is 614 g/mol. The third-order valence-corrected chi connectivity index (χ3v) is 8.36. The topological polar surface area (TPSA) is 75.3 Å². The molecule has 2 heterocycles. The monoisotopic (exact) mass is 613 g/mol. The number of benzene rings is 6. The van der Waals surface area contributed by atoms with Gasteiger partial charge in [-0.05, 0) is 41.5 Å². The van der Waals surface area contributed by atoms with Crippen LogP contribution < -0.4 is 0 Å². The SMILES string of the molecule is N#Cc1ccc(-c2nc3ccccc3nc2-c2ccc(-c3ccc(-c4nc(-c5ccccc5)cc(-c5ccccc5)n4)cc3)cc2)cc1. The Kier molecular flexibility index (Phi) is 7.50. The molecule has 0 bridgehead atoms. The van der Waals surface area contributed by atoms with Crippen LogP contribution in [-0.2, 0) is 0 Å². The van der Waals surface area contributed by atoms with E-state index < -0.39 is 0 Å². The van der Waals surface area contributed by atoms with E-state index >= 15 is 0 Å². The molecule has 0 aliphatic carbocycles. The first-order valence-electron chi connectivity index (χ1n) is 15.7. The smallest absolute Gasteiger partial charge is 0.160 e. The highest BCUT2D eigenvalue weighted by molar-refractivity contribution is 5.87. The van der Waals surface area contributed by atoms with Crippen LogP contribution in [0, 0.1) is 11.3 Å². The summed E-state index contributed by atoms with van der Waals surface area (Å²) in [6.45, 7) is 0. The van der Waals surface area contributed by atoms with Crippen molar-refractivity contribution in [2.24, 2.45) is 0 Å². The zero-order chi connectivity index (χ0) is 32.3. The van der Waals surface area contributed by atoms with E-state index in [1.165, 1.54) is 0 Å². The first-order valence-corrected chi connectivity index (χ1v) is 15.7. The Morgan fingerprint density at radius 2 is 0.750 bits per heavy atom. The van der Waals surface area contributed by atoms with Crippen LogP contribution in [-0.4, -0.2) is 19.9 Å². The Labute approximate surface area is 278 Å². The van der Waals surface area contributed by atoms with E-state index in [0.29, 0.717) is 11.4 Å². The average Bonchev–Trinajstić information content (AvgIpc) is 3.18. The Bertz CT molecular complexity index is 2360. The molecule has 5 nitrogen and oxygen atoms in total. The van der Waals surface area contributed by atoms with Gasteiger partial charge < -0.3 is 0 Å². The quantitative estimate of drug-likeness (QED) is 0.187. The molecule has 0 spiro atoms. The van der Waals surface area contributed by atoms with Crippen LogP contribution in [0.25, 0.3) is 78.6 Å². The normalized spacial score (nSPS) is 10.9. The first kappa shape index (κ1) is 28.7. The molecular formula is C43H27N5. The number of hydrogen-bond acceptors (Lipinski definition) is 5. The van der Waals surface area contributed by atoms with Crippen molar-refractivity contribution in [3.63, 3.8) is 0 Å². The summed E-state index contributed by atoms with van der Waals surface area (Å²) in [6.07, 6.45) is 0. The lowest BCUT2D eigenvalue weighted by atomic mass is 9.98. The van der Waals surface area contributed by atoms with E-state index in [2.05, 4.69) is 84.9 Å². The summed E-state index contributed by atoms with van der Waals surface area (Å²) in [5.41, 5.74) is 12.7. The van der Waals surface area contributed by atoms with E-state index in [0.717, 1.165) is 72.8 Å². The highest BCUT2D eigenvalue weighted by Gasteiger charge is 2.15. The van der Waals surface area contributed by atoms with E-state index in [1.54, 1.807) is 0 Å². The highest BCUT2D eigenvalue weighted by Crippen LogP contribution is 2.33. The van der Waals surface area contributed by atoms with Gasteiger partial charge in [-0.1, -0.05) is 133 Å². The van der Waals surface area contributed by atoms with E-state index in [1.807, 2.05) is 84.9 Å². The van der Waals surface area contributed by atoms with Crippen molar-refractivity contribution in [3.05, 3.63) is 169 Å². The minimum absolute atomic E-state index is 0.608. The maximum absolute atomic E-state index is 9.29. The summed E-state index contributed by atoms with van der Waals surface area (Å²) in [4.78, 5) is 20.0. The minimum Gasteiger partial charge on any atom is -0.244 e. The molecule has 5 heteroatoms. The van der Waals surface area contributed by atoms with Crippen molar-refractivity contribution in [1.29, 1.82) is 5.26 Å². The lowest BCUT2D eigenvalue weighted by Gasteiger charge is -2.12. The van der Waals surface area contributed by atoms with Gasteiger partial charge in [0.2, 0.25) is 0 Å². The Balaban J connectivity index is 1.13. The molecule has 0 aliphatic rings.